The maximum Gasteiger partial charge on any atom is 0.305 e. The van der Waals surface area contributed by atoms with Crippen molar-refractivity contribution in [3.63, 3.8) is 0 Å². The fourth-order valence-corrected chi connectivity index (χ4v) is 15.5. The summed E-state index contributed by atoms with van der Waals surface area (Å²) in [5.41, 5.74) is 24.3. The Kier molecular flexibility index (Phi) is 31.0. The quantitative estimate of drug-likeness (QED) is 0.0109. The molecule has 0 spiro atoms. The van der Waals surface area contributed by atoms with Crippen LogP contribution in [0.5, 0.6) is 0 Å². The molecular weight excluding hydrogens is 1350 g/mol. The number of benzene rings is 2. The van der Waals surface area contributed by atoms with Gasteiger partial charge >= 0.3 is 11.9 Å². The molecule has 18 N–H and O–H groups in total. The molecule has 4 aliphatic rings. The number of hydrogen-bond donors (Lipinski definition) is 14. The van der Waals surface area contributed by atoms with E-state index in [2.05, 4.69) is 47.2 Å². The van der Waals surface area contributed by atoms with Crippen molar-refractivity contribution in [1.82, 2.24) is 56.9 Å². The van der Waals surface area contributed by atoms with Crippen molar-refractivity contribution < 1.29 is 77.3 Å². The molecule has 0 saturated carbocycles. The largest absolute Gasteiger partial charge is 0.481 e. The summed E-state index contributed by atoms with van der Waals surface area (Å²) in [7, 11) is 1.97. The number of nitrogens with zero attached hydrogens (tertiary/aromatic N) is 4. The number of aromatic nitrogens is 1. The SMILES string of the molecule is CC(=O)[C@@H]1CSSC[C@H](C(=O)N2CCC[C@H]2C(=O)CN2CCC[C@H]2C(=O)CN[C@@H](CCCCN)C(=O)CN[C@@H](CC(=O)O)C(N)=O)NC(=O)[C@@H](Cc2c[nH]c3ccccc23)NC(=O)[C@H](CCCN=C(N)N)NC(=O)[C@H](Cc2ccccc2)NC(=O)[C@@H]2CCCN2C(=O)[C@@H](CCC(=O)O)NC1=O. The number of carbonyl (C=O) groups is 14. The summed E-state index contributed by atoms with van der Waals surface area (Å²) in [5, 5.41) is 39.2. The van der Waals surface area contributed by atoms with Crippen LogP contribution in [0.2, 0.25) is 0 Å². The summed E-state index contributed by atoms with van der Waals surface area (Å²) in [5.74, 6) is -13.3. The average molecular weight is 1440 g/mol. The van der Waals surface area contributed by atoms with Crippen LogP contribution in [-0.2, 0) is 80.0 Å². The van der Waals surface area contributed by atoms with Gasteiger partial charge in [-0.25, -0.2) is 0 Å². The van der Waals surface area contributed by atoms with Crippen LogP contribution in [0, 0.1) is 5.92 Å². The number of nitrogens with one attached hydrogen (secondary N) is 8. The predicted molar refractivity (Wildman–Crippen MR) is 375 cm³/mol. The molecule has 0 aliphatic carbocycles. The van der Waals surface area contributed by atoms with E-state index in [9.17, 15) is 63.0 Å². The van der Waals surface area contributed by atoms with Gasteiger partial charge in [0, 0.05) is 67.5 Å². The maximum absolute atomic E-state index is 15.4. The number of Topliss-reactive ketones (excluding diaryl/α,β-unsaturated/α-hetero) is 4. The Morgan fingerprint density at radius 1 is 0.653 bits per heavy atom. The molecule has 0 unspecified atom stereocenters. The maximum atomic E-state index is 15.4. The number of amides is 8. The molecule has 32 nitrogen and oxygen atoms in total. The molecule has 34 heteroatoms. The van der Waals surface area contributed by atoms with E-state index in [-0.39, 0.29) is 101 Å². The summed E-state index contributed by atoms with van der Waals surface area (Å²) in [6, 6.07) is 3.23. The number of H-pyrrole nitrogens is 1. The second-order valence-corrected chi connectivity index (χ2v) is 28.3. The minimum Gasteiger partial charge on any atom is -0.481 e. The molecule has 2 aromatic carbocycles. The first-order valence-electron chi connectivity index (χ1n) is 34.1. The first-order valence-corrected chi connectivity index (χ1v) is 36.6. The van der Waals surface area contributed by atoms with E-state index in [0.29, 0.717) is 73.6 Å². The van der Waals surface area contributed by atoms with E-state index in [0.717, 1.165) is 28.5 Å². The van der Waals surface area contributed by atoms with Crippen molar-refractivity contribution in [2.45, 2.75) is 170 Å². The van der Waals surface area contributed by atoms with Crippen LogP contribution in [-0.4, -0.2) is 242 Å². The number of hydrogen-bond acceptors (Lipinski definition) is 21. The van der Waals surface area contributed by atoms with Crippen molar-refractivity contribution in [2.75, 3.05) is 63.9 Å². The van der Waals surface area contributed by atoms with Gasteiger partial charge in [0.15, 0.2) is 23.3 Å². The molecule has 8 amide bonds. The van der Waals surface area contributed by atoms with Gasteiger partial charge in [-0.15, -0.1) is 0 Å². The zero-order valence-electron chi connectivity index (χ0n) is 56.5. The van der Waals surface area contributed by atoms with Gasteiger partial charge in [0.05, 0.1) is 50.2 Å². The minimum absolute atomic E-state index is 0.00761. The summed E-state index contributed by atoms with van der Waals surface area (Å²) in [4.78, 5) is 207. The molecule has 5 heterocycles. The van der Waals surface area contributed by atoms with Gasteiger partial charge in [-0.1, -0.05) is 76.5 Å². The van der Waals surface area contributed by atoms with Crippen LogP contribution in [0.1, 0.15) is 108 Å². The van der Waals surface area contributed by atoms with Crippen molar-refractivity contribution >= 4 is 121 Å². The van der Waals surface area contributed by atoms with Crippen LogP contribution in [0.25, 0.3) is 10.9 Å². The van der Waals surface area contributed by atoms with Crippen LogP contribution in [0.4, 0.5) is 0 Å². The highest BCUT2D eigenvalue weighted by Crippen LogP contribution is 2.30. The highest BCUT2D eigenvalue weighted by Gasteiger charge is 2.44. The number of carboxylic acids is 2. The van der Waals surface area contributed by atoms with E-state index < -0.39 is 169 Å². The molecular formula is C67H94N16O16S2. The summed E-state index contributed by atoms with van der Waals surface area (Å²) < 4.78 is 0. The number of primary amides is 1. The third-order valence-corrected chi connectivity index (χ3v) is 20.8. The number of aromatic amines is 1. The Morgan fingerprint density at radius 3 is 2.01 bits per heavy atom. The number of fused-ring (bicyclic) bond motifs is 2. The van der Waals surface area contributed by atoms with Crippen LogP contribution < -0.4 is 60.2 Å². The van der Waals surface area contributed by atoms with Crippen LogP contribution in [0.3, 0.4) is 0 Å². The van der Waals surface area contributed by atoms with E-state index in [1.54, 1.807) is 53.6 Å². The Balaban J connectivity index is 1.20. The molecule has 1 aromatic heterocycles. The first kappa shape index (κ1) is 79.5. The van der Waals surface area contributed by atoms with Crippen LogP contribution in [0.15, 0.2) is 65.8 Å². The van der Waals surface area contributed by atoms with Crippen molar-refractivity contribution in [1.29, 1.82) is 0 Å². The molecule has 550 valence electrons. The standard InChI is InChI=1S/C67H94N16O16S2/c1-38(84)42-36-100-101-37-50(66(99)82-27-11-20-52(82)56(87)35-81-26-10-19-51(81)55(86)34-74-44(17-7-8-24-68)54(85)33-75-47(59(69)92)31-58(90)91)80-63(96)49(30-40-32-73-43-16-6-5-15-41(40)43)78-61(94)45(18-9-25-72-67(70)71)76-62(95)48(29-39-13-3-2-4-14-39)79-64(97)53-21-12-28-83(53)65(98)46(77-60(42)93)22-23-57(88)89/h2-6,13-16,32,42,44-53,73-75H,7-12,17-31,33-37,68H2,1H3,(H2,69,92)(H,76,95)(H,77,93)(H,78,94)(H,79,97)(H,80,96)(H,88,89)(H,90,91)(H4,70,71,72)/t42-,44-,45-,46+,47-,48-,49+,50+,51-,52-,53-/m0/s1. The van der Waals surface area contributed by atoms with Gasteiger partial charge in [0.25, 0.3) is 0 Å². The number of carbonyl (C=O) groups excluding carboxylic acids is 12. The zero-order chi connectivity index (χ0) is 73.3. The van der Waals surface area contributed by atoms with Gasteiger partial charge in [-0.3, -0.25) is 82.3 Å². The highest BCUT2D eigenvalue weighted by molar-refractivity contribution is 8.76. The van der Waals surface area contributed by atoms with Gasteiger partial charge in [-0.05, 0) is 108 Å². The predicted octanol–water partition coefficient (Wildman–Crippen LogP) is -1.95. The number of rotatable bonds is 31. The third-order valence-electron chi connectivity index (χ3n) is 18.4. The molecule has 3 aromatic rings. The lowest BCUT2D eigenvalue weighted by molar-refractivity contribution is -0.144. The van der Waals surface area contributed by atoms with Crippen LogP contribution >= 0.6 is 21.6 Å². The van der Waals surface area contributed by atoms with E-state index >= 15 is 14.4 Å². The molecule has 0 bridgehead atoms. The highest BCUT2D eigenvalue weighted by atomic mass is 33.1. The van der Waals surface area contributed by atoms with E-state index in [1.807, 2.05) is 12.1 Å². The summed E-state index contributed by atoms with van der Waals surface area (Å²) in [6.07, 6.45) is 2.90. The topological polar surface area (TPSA) is 506 Å². The normalized spacial score (nSPS) is 23.7. The Morgan fingerprint density at radius 2 is 1.30 bits per heavy atom. The number of guanidine groups is 1. The number of ketones is 4. The van der Waals surface area contributed by atoms with Crippen molar-refractivity contribution in [3.8, 4) is 0 Å². The Labute approximate surface area is 592 Å². The van der Waals surface area contributed by atoms with E-state index in [4.69, 9.17) is 22.9 Å². The monoisotopic (exact) mass is 1440 g/mol. The van der Waals surface area contributed by atoms with Gasteiger partial charge in [0.1, 0.15) is 48.0 Å². The smallest absolute Gasteiger partial charge is 0.305 e. The number of aliphatic imine (C=N–C) groups is 1. The molecule has 4 saturated heterocycles. The second kappa shape index (κ2) is 39.4. The van der Waals surface area contributed by atoms with Crippen molar-refractivity contribution in [3.05, 3.63) is 71.9 Å². The van der Waals surface area contributed by atoms with Gasteiger partial charge in [0.2, 0.25) is 47.3 Å². The summed E-state index contributed by atoms with van der Waals surface area (Å²) in [6.45, 7) is 0.939. The summed E-state index contributed by atoms with van der Waals surface area (Å²) >= 11 is 0. The van der Waals surface area contributed by atoms with Gasteiger partial charge < -0.3 is 79.8 Å². The average Bonchev–Trinajstić information content (AvgIpc) is 1.73. The molecule has 7 rings (SSSR count). The molecule has 11 atom stereocenters. The first-order chi connectivity index (χ1) is 48.3. The minimum atomic E-state index is -1.53. The number of carboxylic acid groups (broad SMARTS) is 2. The van der Waals surface area contributed by atoms with E-state index in [1.165, 1.54) is 9.80 Å². The number of unbranched alkanes of at least 4 members (excludes halogenated alkanes) is 1. The van der Waals surface area contributed by atoms with Crippen molar-refractivity contribution in [2.24, 2.45) is 33.8 Å². The fraction of sp³-hybridized carbons (Fsp3) is 0.567. The molecule has 0 radical (unpaired) electrons. The molecule has 101 heavy (non-hydrogen) atoms. The Bertz CT molecular complexity index is 3500. The molecule has 4 fully saturated rings. The Hall–Kier alpha value is -8.83. The number of nitrogens with two attached hydrogens (primary N) is 4. The van der Waals surface area contributed by atoms with Gasteiger partial charge in [-0.2, -0.15) is 0 Å². The number of likely N-dealkylation sites (tertiary alicyclic amines) is 2. The number of para-hydroxylation sites is 1. The fourth-order valence-electron chi connectivity index (χ4n) is 13.0. The zero-order valence-corrected chi connectivity index (χ0v) is 58.2. The lowest BCUT2D eigenvalue weighted by Crippen LogP contribution is -2.60. The lowest BCUT2D eigenvalue weighted by atomic mass is 10.0. The second-order valence-electron chi connectivity index (χ2n) is 25.7. The third kappa shape index (κ3) is 23.6. The number of aliphatic carboxylic acids is 2. The molecule has 4 aliphatic heterocycles. The lowest BCUT2D eigenvalue weighted by Gasteiger charge is -2.31.